The molecule has 1 aliphatic rings. The zero-order valence-corrected chi connectivity index (χ0v) is 14.9. The van der Waals surface area contributed by atoms with Crippen LogP contribution in [0.25, 0.3) is 0 Å². The second-order valence-electron chi connectivity index (χ2n) is 6.20. The minimum Gasteiger partial charge on any atom is -0.273 e. The molecule has 1 fully saturated rings. The second-order valence-corrected chi connectivity index (χ2v) is 8.18. The SMILES string of the molecule is Cc1ccc(C(=O)NNC(=O)C2CCN(S(C)(=O)=O)CC2)c(C)c1. The van der Waals surface area contributed by atoms with E-state index in [1.807, 2.05) is 26.0 Å². The van der Waals surface area contributed by atoms with Gasteiger partial charge in [0.2, 0.25) is 15.9 Å². The van der Waals surface area contributed by atoms with Crippen molar-refractivity contribution in [2.24, 2.45) is 5.92 Å². The van der Waals surface area contributed by atoms with E-state index >= 15 is 0 Å². The number of piperidine rings is 1. The molecular weight excluding hydrogens is 330 g/mol. The van der Waals surface area contributed by atoms with Crippen molar-refractivity contribution in [1.29, 1.82) is 0 Å². The van der Waals surface area contributed by atoms with Crippen molar-refractivity contribution in [3.05, 3.63) is 34.9 Å². The van der Waals surface area contributed by atoms with Gasteiger partial charge in [-0.2, -0.15) is 0 Å². The van der Waals surface area contributed by atoms with E-state index in [0.29, 0.717) is 31.5 Å². The van der Waals surface area contributed by atoms with Crippen LogP contribution in [0.3, 0.4) is 0 Å². The minimum absolute atomic E-state index is 0.290. The monoisotopic (exact) mass is 353 g/mol. The number of hydrogen-bond donors (Lipinski definition) is 2. The zero-order chi connectivity index (χ0) is 17.9. The lowest BCUT2D eigenvalue weighted by molar-refractivity contribution is -0.126. The van der Waals surface area contributed by atoms with Gasteiger partial charge in [0.15, 0.2) is 0 Å². The van der Waals surface area contributed by atoms with Crippen molar-refractivity contribution < 1.29 is 18.0 Å². The van der Waals surface area contributed by atoms with Crippen LogP contribution in [0.4, 0.5) is 0 Å². The van der Waals surface area contributed by atoms with Crippen LogP contribution >= 0.6 is 0 Å². The maximum Gasteiger partial charge on any atom is 0.269 e. The smallest absolute Gasteiger partial charge is 0.269 e. The Morgan fingerprint density at radius 2 is 1.75 bits per heavy atom. The van der Waals surface area contributed by atoms with Gasteiger partial charge in [0.25, 0.3) is 5.91 Å². The van der Waals surface area contributed by atoms with Gasteiger partial charge in [-0.05, 0) is 38.3 Å². The average molecular weight is 353 g/mol. The highest BCUT2D eigenvalue weighted by molar-refractivity contribution is 7.88. The van der Waals surface area contributed by atoms with Crippen molar-refractivity contribution in [2.75, 3.05) is 19.3 Å². The van der Waals surface area contributed by atoms with Crippen molar-refractivity contribution in [1.82, 2.24) is 15.2 Å². The Kier molecular flexibility index (Phi) is 5.61. The lowest BCUT2D eigenvalue weighted by atomic mass is 9.97. The van der Waals surface area contributed by atoms with Crippen LogP contribution in [-0.2, 0) is 14.8 Å². The summed E-state index contributed by atoms with van der Waals surface area (Å²) >= 11 is 0. The fraction of sp³-hybridized carbons (Fsp3) is 0.500. The molecule has 2 amide bonds. The molecule has 24 heavy (non-hydrogen) atoms. The fourth-order valence-electron chi connectivity index (χ4n) is 2.81. The topological polar surface area (TPSA) is 95.6 Å². The van der Waals surface area contributed by atoms with Crippen molar-refractivity contribution in [3.63, 3.8) is 0 Å². The van der Waals surface area contributed by atoms with Crippen LogP contribution in [0.2, 0.25) is 0 Å². The van der Waals surface area contributed by atoms with E-state index < -0.39 is 10.0 Å². The van der Waals surface area contributed by atoms with Gasteiger partial charge in [-0.25, -0.2) is 12.7 Å². The lowest BCUT2D eigenvalue weighted by Crippen LogP contribution is -2.48. The van der Waals surface area contributed by atoms with Gasteiger partial charge in [0.1, 0.15) is 0 Å². The van der Waals surface area contributed by atoms with Crippen molar-refractivity contribution in [3.8, 4) is 0 Å². The van der Waals surface area contributed by atoms with E-state index in [0.717, 1.165) is 17.4 Å². The summed E-state index contributed by atoms with van der Waals surface area (Å²) in [5.74, 6) is -0.960. The molecule has 0 bridgehead atoms. The zero-order valence-electron chi connectivity index (χ0n) is 14.1. The lowest BCUT2D eigenvalue weighted by Gasteiger charge is -2.29. The molecule has 0 saturated carbocycles. The summed E-state index contributed by atoms with van der Waals surface area (Å²) in [6.07, 6.45) is 2.05. The van der Waals surface area contributed by atoms with E-state index in [4.69, 9.17) is 0 Å². The average Bonchev–Trinajstić information content (AvgIpc) is 2.51. The first-order chi connectivity index (χ1) is 11.2. The summed E-state index contributed by atoms with van der Waals surface area (Å²) in [5, 5.41) is 0. The molecule has 1 aliphatic heterocycles. The number of hydrazine groups is 1. The molecule has 0 atom stereocenters. The standard InChI is InChI=1S/C16H23N3O4S/c1-11-4-5-14(12(2)10-11)16(21)18-17-15(20)13-6-8-19(9-7-13)24(3,22)23/h4-5,10,13H,6-9H2,1-3H3,(H,17,20)(H,18,21). The molecule has 0 spiro atoms. The molecular formula is C16H23N3O4S. The Hall–Kier alpha value is -1.93. The van der Waals surface area contributed by atoms with Gasteiger partial charge in [-0.1, -0.05) is 17.7 Å². The first-order valence-corrected chi connectivity index (χ1v) is 9.66. The van der Waals surface area contributed by atoms with Crippen LogP contribution in [0.15, 0.2) is 18.2 Å². The van der Waals surface area contributed by atoms with Gasteiger partial charge in [0.05, 0.1) is 6.26 Å². The minimum atomic E-state index is -3.21. The maximum absolute atomic E-state index is 12.1. The number of rotatable bonds is 3. The molecule has 0 aliphatic carbocycles. The first-order valence-electron chi connectivity index (χ1n) is 7.81. The number of carbonyl (C=O) groups excluding carboxylic acids is 2. The first kappa shape index (κ1) is 18.4. The Balaban J connectivity index is 1.86. The van der Waals surface area contributed by atoms with Gasteiger partial charge in [-0.15, -0.1) is 0 Å². The predicted molar refractivity (Wildman–Crippen MR) is 90.7 cm³/mol. The molecule has 1 heterocycles. The maximum atomic E-state index is 12.1. The molecule has 1 aromatic carbocycles. The third-order valence-electron chi connectivity index (χ3n) is 4.22. The van der Waals surface area contributed by atoms with Crippen LogP contribution in [0, 0.1) is 19.8 Å². The highest BCUT2D eigenvalue weighted by atomic mass is 32.2. The number of amides is 2. The predicted octanol–water partition coefficient (Wildman–Crippen LogP) is 0.736. The number of nitrogens with one attached hydrogen (secondary N) is 2. The number of aryl methyl sites for hydroxylation is 2. The Bertz CT molecular complexity index is 738. The number of sulfonamides is 1. The van der Waals surface area contributed by atoms with Gasteiger partial charge >= 0.3 is 0 Å². The summed E-state index contributed by atoms with van der Waals surface area (Å²) in [4.78, 5) is 24.3. The quantitative estimate of drug-likeness (QED) is 0.784. The largest absolute Gasteiger partial charge is 0.273 e. The Labute approximate surface area is 142 Å². The van der Waals surface area contributed by atoms with E-state index in [1.165, 1.54) is 4.31 Å². The van der Waals surface area contributed by atoms with E-state index in [2.05, 4.69) is 10.9 Å². The molecule has 132 valence electrons. The van der Waals surface area contributed by atoms with Crippen LogP contribution in [0.1, 0.15) is 34.3 Å². The molecule has 0 unspecified atom stereocenters. The summed E-state index contributed by atoms with van der Waals surface area (Å²) in [6, 6.07) is 5.46. The van der Waals surface area contributed by atoms with Crippen molar-refractivity contribution >= 4 is 21.8 Å². The van der Waals surface area contributed by atoms with Gasteiger partial charge in [0, 0.05) is 24.6 Å². The molecule has 2 N–H and O–H groups in total. The van der Waals surface area contributed by atoms with E-state index in [9.17, 15) is 18.0 Å². The van der Waals surface area contributed by atoms with Crippen molar-refractivity contribution in [2.45, 2.75) is 26.7 Å². The van der Waals surface area contributed by atoms with E-state index in [-0.39, 0.29) is 17.7 Å². The molecule has 0 aromatic heterocycles. The van der Waals surface area contributed by atoms with Gasteiger partial charge < -0.3 is 0 Å². The van der Waals surface area contributed by atoms with E-state index in [1.54, 1.807) is 6.07 Å². The molecule has 1 saturated heterocycles. The summed E-state index contributed by atoms with van der Waals surface area (Å²) < 4.78 is 24.3. The number of nitrogens with zero attached hydrogens (tertiary/aromatic N) is 1. The number of hydrogen-bond acceptors (Lipinski definition) is 4. The number of carbonyl (C=O) groups is 2. The normalized spacial score (nSPS) is 16.6. The van der Waals surface area contributed by atoms with Gasteiger partial charge in [-0.3, -0.25) is 20.4 Å². The number of benzene rings is 1. The molecule has 1 aromatic rings. The third-order valence-corrected chi connectivity index (χ3v) is 5.52. The summed E-state index contributed by atoms with van der Waals surface area (Å²) in [6.45, 7) is 4.42. The second kappa shape index (κ2) is 7.31. The summed E-state index contributed by atoms with van der Waals surface area (Å²) in [5.41, 5.74) is 7.27. The highest BCUT2D eigenvalue weighted by Gasteiger charge is 2.29. The molecule has 7 nitrogen and oxygen atoms in total. The van der Waals surface area contributed by atoms with Crippen LogP contribution < -0.4 is 10.9 Å². The molecule has 8 heteroatoms. The fourth-order valence-corrected chi connectivity index (χ4v) is 3.68. The van der Waals surface area contributed by atoms with Crippen LogP contribution in [-0.4, -0.2) is 43.9 Å². The third kappa shape index (κ3) is 4.55. The molecule has 0 radical (unpaired) electrons. The Morgan fingerprint density at radius 3 is 2.29 bits per heavy atom. The Morgan fingerprint density at radius 1 is 1.12 bits per heavy atom. The summed E-state index contributed by atoms with van der Waals surface area (Å²) in [7, 11) is -3.21. The van der Waals surface area contributed by atoms with Crippen LogP contribution in [0.5, 0.6) is 0 Å². The molecule has 2 rings (SSSR count). The highest BCUT2D eigenvalue weighted by Crippen LogP contribution is 2.19.